The maximum absolute atomic E-state index is 10.5. The summed E-state index contributed by atoms with van der Waals surface area (Å²) in [7, 11) is 0. The molecule has 0 bridgehead atoms. The lowest BCUT2D eigenvalue weighted by Crippen LogP contribution is -2.21. The van der Waals surface area contributed by atoms with Crippen molar-refractivity contribution < 1.29 is 14.4 Å². The fourth-order valence-corrected chi connectivity index (χ4v) is 1.36. The van der Waals surface area contributed by atoms with Crippen LogP contribution < -0.4 is 15.2 Å². The van der Waals surface area contributed by atoms with E-state index in [1.807, 2.05) is 0 Å². The summed E-state index contributed by atoms with van der Waals surface area (Å²) in [5.41, 5.74) is 5.34. The maximum Gasteiger partial charge on any atom is 0.273 e. The molecule has 1 unspecified atom stereocenters. The van der Waals surface area contributed by atoms with Gasteiger partial charge in [-0.25, -0.2) is 0 Å². The van der Waals surface area contributed by atoms with Gasteiger partial charge >= 0.3 is 0 Å². The summed E-state index contributed by atoms with van der Waals surface area (Å²) < 4.78 is 10.7. The van der Waals surface area contributed by atoms with Gasteiger partial charge in [-0.15, -0.1) is 0 Å². The van der Waals surface area contributed by atoms with Crippen LogP contribution >= 0.6 is 0 Å². The summed E-state index contributed by atoms with van der Waals surface area (Å²) in [4.78, 5) is 10.0. The number of rotatable bonds is 3. The molecule has 0 amide bonds. The zero-order chi connectivity index (χ0) is 10.8. The van der Waals surface area contributed by atoms with E-state index in [0.29, 0.717) is 24.5 Å². The molecular formula is C9H10N2O4. The second-order valence-electron chi connectivity index (χ2n) is 3.13. The number of fused-ring (bicyclic) bond motifs is 1. The predicted molar refractivity (Wildman–Crippen MR) is 51.8 cm³/mol. The molecule has 0 fully saturated rings. The summed E-state index contributed by atoms with van der Waals surface area (Å²) in [6, 6.07) is 4.27. The molecule has 1 aliphatic heterocycles. The van der Waals surface area contributed by atoms with Gasteiger partial charge in [-0.3, -0.25) is 10.1 Å². The number of nitro benzene ring substituents is 1. The molecule has 2 N–H and O–H groups in total. The van der Waals surface area contributed by atoms with E-state index in [1.54, 1.807) is 0 Å². The molecule has 2 rings (SSSR count). The lowest BCUT2D eigenvalue weighted by atomic mass is 10.3. The first-order valence-electron chi connectivity index (χ1n) is 4.52. The highest BCUT2D eigenvalue weighted by atomic mass is 16.7. The van der Waals surface area contributed by atoms with Crippen molar-refractivity contribution in [1.29, 1.82) is 0 Å². The molecule has 6 nitrogen and oxygen atoms in total. The summed E-state index contributed by atoms with van der Waals surface area (Å²) in [5, 5.41) is 10.5. The first-order chi connectivity index (χ1) is 7.20. The first-order valence-corrected chi connectivity index (χ1v) is 4.52. The molecule has 1 heterocycles. The van der Waals surface area contributed by atoms with Crippen LogP contribution in [0, 0.1) is 10.1 Å². The van der Waals surface area contributed by atoms with Gasteiger partial charge in [0.2, 0.25) is 6.29 Å². The van der Waals surface area contributed by atoms with Crippen molar-refractivity contribution in [3.63, 3.8) is 0 Å². The molecule has 0 radical (unpaired) electrons. The van der Waals surface area contributed by atoms with Crippen LogP contribution in [-0.4, -0.2) is 17.8 Å². The van der Waals surface area contributed by atoms with E-state index in [4.69, 9.17) is 15.2 Å². The Bertz CT molecular complexity index is 394. The molecular weight excluding hydrogens is 200 g/mol. The van der Waals surface area contributed by atoms with Gasteiger partial charge in [0.25, 0.3) is 5.69 Å². The molecule has 80 valence electrons. The number of benzene rings is 1. The highest BCUT2D eigenvalue weighted by molar-refractivity contribution is 5.50. The molecule has 15 heavy (non-hydrogen) atoms. The van der Waals surface area contributed by atoms with Gasteiger partial charge in [0.1, 0.15) is 0 Å². The summed E-state index contributed by atoms with van der Waals surface area (Å²) in [6.07, 6.45) is 0.134. The van der Waals surface area contributed by atoms with Crippen LogP contribution in [0.25, 0.3) is 0 Å². The van der Waals surface area contributed by atoms with Crippen molar-refractivity contribution in [3.8, 4) is 11.5 Å². The number of nitro groups is 1. The van der Waals surface area contributed by atoms with Crippen molar-refractivity contribution in [3.05, 3.63) is 28.3 Å². The number of nitrogens with two attached hydrogens (primary N) is 1. The van der Waals surface area contributed by atoms with Gasteiger partial charge in [0, 0.05) is 12.5 Å². The van der Waals surface area contributed by atoms with E-state index in [-0.39, 0.29) is 5.69 Å². The zero-order valence-electron chi connectivity index (χ0n) is 7.88. The molecule has 0 saturated heterocycles. The van der Waals surface area contributed by atoms with E-state index < -0.39 is 11.2 Å². The number of hydrogen-bond acceptors (Lipinski definition) is 5. The van der Waals surface area contributed by atoms with Crippen LogP contribution in [0.4, 0.5) is 5.69 Å². The van der Waals surface area contributed by atoms with Crippen molar-refractivity contribution in [2.75, 3.05) is 6.54 Å². The zero-order valence-corrected chi connectivity index (χ0v) is 7.88. The van der Waals surface area contributed by atoms with E-state index >= 15 is 0 Å². The minimum absolute atomic E-state index is 0.00857. The Morgan fingerprint density at radius 1 is 1.40 bits per heavy atom. The Labute approximate surface area is 85.7 Å². The van der Waals surface area contributed by atoms with Crippen LogP contribution in [0.2, 0.25) is 0 Å². The predicted octanol–water partition coefficient (Wildman–Crippen LogP) is 1.04. The van der Waals surface area contributed by atoms with Gasteiger partial charge in [0.05, 0.1) is 11.0 Å². The van der Waals surface area contributed by atoms with E-state index in [9.17, 15) is 10.1 Å². The van der Waals surface area contributed by atoms with E-state index in [0.717, 1.165) is 0 Å². The van der Waals surface area contributed by atoms with E-state index in [1.165, 1.54) is 18.2 Å². The van der Waals surface area contributed by atoms with Crippen molar-refractivity contribution in [2.45, 2.75) is 12.7 Å². The van der Waals surface area contributed by atoms with E-state index in [2.05, 4.69) is 0 Å². The molecule has 0 aromatic heterocycles. The monoisotopic (exact) mass is 210 g/mol. The third kappa shape index (κ3) is 1.84. The normalized spacial score (nSPS) is 17.8. The highest BCUT2D eigenvalue weighted by Crippen LogP contribution is 2.37. The molecule has 0 aliphatic carbocycles. The van der Waals surface area contributed by atoms with Crippen molar-refractivity contribution in [1.82, 2.24) is 0 Å². The standard InChI is InChI=1S/C9H10N2O4/c10-4-3-9-14-7-2-1-6(11(12)13)5-8(7)15-9/h1-2,5,9H,3-4,10H2. The number of nitrogens with zero attached hydrogens (tertiary/aromatic N) is 1. The Kier molecular flexibility index (Phi) is 2.42. The number of non-ortho nitro benzene ring substituents is 1. The highest BCUT2D eigenvalue weighted by Gasteiger charge is 2.25. The first kappa shape index (κ1) is 9.72. The fourth-order valence-electron chi connectivity index (χ4n) is 1.36. The third-order valence-corrected chi connectivity index (χ3v) is 2.06. The molecule has 6 heteroatoms. The maximum atomic E-state index is 10.5. The van der Waals surface area contributed by atoms with Gasteiger partial charge < -0.3 is 15.2 Å². The lowest BCUT2D eigenvalue weighted by molar-refractivity contribution is -0.384. The Balaban J connectivity index is 2.20. The van der Waals surface area contributed by atoms with Crippen LogP contribution in [-0.2, 0) is 0 Å². The smallest absolute Gasteiger partial charge is 0.273 e. The second kappa shape index (κ2) is 3.74. The third-order valence-electron chi connectivity index (χ3n) is 2.06. The molecule has 0 saturated carbocycles. The van der Waals surface area contributed by atoms with Crippen LogP contribution in [0.1, 0.15) is 6.42 Å². The summed E-state index contributed by atoms with van der Waals surface area (Å²) in [5.74, 6) is 0.932. The molecule has 0 spiro atoms. The van der Waals surface area contributed by atoms with Gasteiger partial charge in [-0.05, 0) is 12.6 Å². The minimum Gasteiger partial charge on any atom is -0.451 e. The largest absolute Gasteiger partial charge is 0.451 e. The second-order valence-corrected chi connectivity index (χ2v) is 3.13. The quantitative estimate of drug-likeness (QED) is 0.594. The SMILES string of the molecule is NCCC1Oc2ccc([N+](=O)[O-])cc2O1. The number of ether oxygens (including phenoxy) is 2. The summed E-state index contributed by atoms with van der Waals surface area (Å²) in [6.45, 7) is 0.445. The Morgan fingerprint density at radius 2 is 2.13 bits per heavy atom. The minimum atomic E-state index is -0.472. The molecule has 1 aliphatic rings. The van der Waals surface area contributed by atoms with Crippen LogP contribution in [0.3, 0.4) is 0 Å². The Hall–Kier alpha value is -1.82. The van der Waals surface area contributed by atoms with Crippen LogP contribution in [0.15, 0.2) is 18.2 Å². The fraction of sp³-hybridized carbons (Fsp3) is 0.333. The average Bonchev–Trinajstić information content (AvgIpc) is 2.59. The van der Waals surface area contributed by atoms with Gasteiger partial charge in [-0.2, -0.15) is 0 Å². The molecule has 1 aromatic rings. The lowest BCUT2D eigenvalue weighted by Gasteiger charge is -2.07. The summed E-state index contributed by atoms with van der Waals surface area (Å²) >= 11 is 0. The van der Waals surface area contributed by atoms with Gasteiger partial charge in [0.15, 0.2) is 11.5 Å². The van der Waals surface area contributed by atoms with Crippen molar-refractivity contribution >= 4 is 5.69 Å². The average molecular weight is 210 g/mol. The topological polar surface area (TPSA) is 87.6 Å². The Morgan fingerprint density at radius 3 is 2.80 bits per heavy atom. The molecule has 1 atom stereocenters. The van der Waals surface area contributed by atoms with Crippen molar-refractivity contribution in [2.24, 2.45) is 5.73 Å². The van der Waals surface area contributed by atoms with Gasteiger partial charge in [-0.1, -0.05) is 0 Å². The number of hydrogen-bond donors (Lipinski definition) is 1. The van der Waals surface area contributed by atoms with Crippen LogP contribution in [0.5, 0.6) is 11.5 Å². The molecule has 1 aromatic carbocycles.